The molecule has 1 heterocycles. The van der Waals surface area contributed by atoms with E-state index in [2.05, 4.69) is 10.6 Å². The molecule has 0 unspecified atom stereocenters. The van der Waals surface area contributed by atoms with Gasteiger partial charge < -0.3 is 15.4 Å². The van der Waals surface area contributed by atoms with Gasteiger partial charge in [0.05, 0.1) is 6.54 Å². The van der Waals surface area contributed by atoms with Crippen LogP contribution in [0.2, 0.25) is 0 Å². The SMILES string of the molecule is O=C(Nc1ccc(Oc2ccccc2)cc1)c1ccc(CNC2=C(Cl)C(=O)N(Cc3ccccc3)C2=O)cc1. The van der Waals surface area contributed by atoms with Gasteiger partial charge in [0.15, 0.2) is 0 Å². The molecule has 0 saturated carbocycles. The lowest BCUT2D eigenvalue weighted by atomic mass is 10.1. The van der Waals surface area contributed by atoms with Gasteiger partial charge in [-0.1, -0.05) is 72.3 Å². The molecule has 1 aliphatic rings. The number of hydrogen-bond donors (Lipinski definition) is 2. The Morgan fingerprint density at radius 2 is 1.33 bits per heavy atom. The van der Waals surface area contributed by atoms with Crippen molar-refractivity contribution < 1.29 is 19.1 Å². The van der Waals surface area contributed by atoms with Crippen LogP contribution < -0.4 is 15.4 Å². The maximum atomic E-state index is 12.8. The van der Waals surface area contributed by atoms with E-state index in [0.29, 0.717) is 17.0 Å². The van der Waals surface area contributed by atoms with Crippen molar-refractivity contribution in [3.8, 4) is 11.5 Å². The fraction of sp³-hybridized carbons (Fsp3) is 0.0645. The maximum absolute atomic E-state index is 12.8. The van der Waals surface area contributed by atoms with E-state index in [0.717, 1.165) is 21.8 Å². The van der Waals surface area contributed by atoms with E-state index in [9.17, 15) is 14.4 Å². The van der Waals surface area contributed by atoms with Gasteiger partial charge in [-0.05, 0) is 59.7 Å². The first-order chi connectivity index (χ1) is 19.0. The molecule has 0 spiro atoms. The smallest absolute Gasteiger partial charge is 0.278 e. The Balaban J connectivity index is 1.15. The van der Waals surface area contributed by atoms with Crippen LogP contribution in [0.1, 0.15) is 21.5 Å². The van der Waals surface area contributed by atoms with Gasteiger partial charge in [-0.2, -0.15) is 0 Å². The number of carbonyl (C=O) groups excluding carboxylic acids is 3. The van der Waals surface area contributed by atoms with Crippen molar-refractivity contribution in [2.24, 2.45) is 0 Å². The standard InChI is InChI=1S/C31H24ClN3O4/c32-27-28(31(38)35(30(27)37)20-22-7-3-1-4-8-22)33-19-21-11-13-23(14-12-21)29(36)34-24-15-17-26(18-16-24)39-25-9-5-2-6-10-25/h1-18,33H,19-20H2,(H,34,36). The molecule has 0 saturated heterocycles. The van der Waals surface area contributed by atoms with Crippen molar-refractivity contribution in [3.63, 3.8) is 0 Å². The zero-order chi connectivity index (χ0) is 27.2. The summed E-state index contributed by atoms with van der Waals surface area (Å²) in [5, 5.41) is 5.71. The quantitative estimate of drug-likeness (QED) is 0.262. The van der Waals surface area contributed by atoms with E-state index < -0.39 is 11.8 Å². The summed E-state index contributed by atoms with van der Waals surface area (Å²) in [6.07, 6.45) is 0. The lowest BCUT2D eigenvalue weighted by Crippen LogP contribution is -2.33. The van der Waals surface area contributed by atoms with Crippen LogP contribution in [0.4, 0.5) is 5.69 Å². The number of hydrogen-bond acceptors (Lipinski definition) is 5. The zero-order valence-corrected chi connectivity index (χ0v) is 21.5. The summed E-state index contributed by atoms with van der Waals surface area (Å²) in [6.45, 7) is 0.404. The molecular formula is C31H24ClN3O4. The molecule has 0 fully saturated rings. The van der Waals surface area contributed by atoms with Crippen molar-refractivity contribution >= 4 is 35.0 Å². The topological polar surface area (TPSA) is 87.7 Å². The number of halogens is 1. The molecule has 1 aliphatic heterocycles. The average Bonchev–Trinajstić information content (AvgIpc) is 3.17. The number of ether oxygens (including phenoxy) is 1. The van der Waals surface area contributed by atoms with Crippen LogP contribution in [0.15, 0.2) is 120 Å². The Morgan fingerprint density at radius 1 is 0.718 bits per heavy atom. The Kier molecular flexibility index (Phi) is 7.70. The lowest BCUT2D eigenvalue weighted by molar-refractivity contribution is -0.138. The second-order valence-electron chi connectivity index (χ2n) is 8.82. The van der Waals surface area contributed by atoms with Crippen molar-refractivity contribution in [2.45, 2.75) is 13.1 Å². The number of imide groups is 1. The summed E-state index contributed by atoms with van der Waals surface area (Å²) < 4.78 is 5.78. The average molecular weight is 538 g/mol. The van der Waals surface area contributed by atoms with Crippen LogP contribution in [0.3, 0.4) is 0 Å². The minimum Gasteiger partial charge on any atom is -0.457 e. The van der Waals surface area contributed by atoms with Crippen LogP contribution in [-0.2, 0) is 22.7 Å². The monoisotopic (exact) mass is 537 g/mol. The molecule has 8 heteroatoms. The lowest BCUT2D eigenvalue weighted by Gasteiger charge is -2.15. The molecule has 0 bridgehead atoms. The predicted octanol–water partition coefficient (Wildman–Crippen LogP) is 5.84. The van der Waals surface area contributed by atoms with E-state index >= 15 is 0 Å². The van der Waals surface area contributed by atoms with Crippen LogP contribution in [0.25, 0.3) is 0 Å². The van der Waals surface area contributed by atoms with Crippen LogP contribution >= 0.6 is 11.6 Å². The Hall–Kier alpha value is -4.88. The van der Waals surface area contributed by atoms with E-state index in [1.165, 1.54) is 0 Å². The van der Waals surface area contributed by atoms with Crippen molar-refractivity contribution in [2.75, 3.05) is 5.32 Å². The summed E-state index contributed by atoms with van der Waals surface area (Å²) in [4.78, 5) is 39.2. The molecule has 0 atom stereocenters. The highest BCUT2D eigenvalue weighted by atomic mass is 35.5. The number of nitrogens with zero attached hydrogens (tertiary/aromatic N) is 1. The molecule has 2 N–H and O–H groups in total. The second-order valence-corrected chi connectivity index (χ2v) is 9.19. The van der Waals surface area contributed by atoms with Gasteiger partial charge in [0, 0.05) is 17.8 Å². The third-order valence-electron chi connectivity index (χ3n) is 6.07. The number of nitrogens with one attached hydrogen (secondary N) is 2. The highest BCUT2D eigenvalue weighted by Crippen LogP contribution is 2.25. The predicted molar refractivity (Wildman–Crippen MR) is 149 cm³/mol. The summed E-state index contributed by atoms with van der Waals surface area (Å²) in [5.41, 5.74) is 2.82. The van der Waals surface area contributed by atoms with Gasteiger partial charge in [0.2, 0.25) is 0 Å². The highest BCUT2D eigenvalue weighted by Gasteiger charge is 2.37. The van der Waals surface area contributed by atoms with Crippen molar-refractivity contribution in [1.29, 1.82) is 0 Å². The van der Waals surface area contributed by atoms with Gasteiger partial charge in [-0.3, -0.25) is 19.3 Å². The molecular weight excluding hydrogens is 514 g/mol. The fourth-order valence-corrected chi connectivity index (χ4v) is 4.26. The zero-order valence-electron chi connectivity index (χ0n) is 20.8. The third-order valence-corrected chi connectivity index (χ3v) is 6.42. The molecule has 0 aliphatic carbocycles. The minimum atomic E-state index is -0.528. The molecule has 7 nitrogen and oxygen atoms in total. The summed E-state index contributed by atoms with van der Waals surface area (Å²) in [7, 11) is 0. The van der Waals surface area contributed by atoms with E-state index in [-0.39, 0.29) is 29.7 Å². The highest BCUT2D eigenvalue weighted by molar-refractivity contribution is 6.47. The number of carbonyl (C=O) groups is 3. The number of benzene rings is 4. The third kappa shape index (κ3) is 6.17. The van der Waals surface area contributed by atoms with Crippen LogP contribution in [-0.4, -0.2) is 22.6 Å². The summed E-state index contributed by atoms with van der Waals surface area (Å²) >= 11 is 6.19. The summed E-state index contributed by atoms with van der Waals surface area (Å²) in [6, 6.07) is 32.7. The number of rotatable bonds is 9. The Bertz CT molecular complexity index is 1520. The maximum Gasteiger partial charge on any atom is 0.278 e. The second kappa shape index (κ2) is 11.7. The van der Waals surface area contributed by atoms with Crippen LogP contribution in [0.5, 0.6) is 11.5 Å². The van der Waals surface area contributed by atoms with Crippen molar-refractivity contribution in [3.05, 3.63) is 137 Å². The normalized spacial score (nSPS) is 13.0. The number of para-hydroxylation sites is 1. The first-order valence-corrected chi connectivity index (χ1v) is 12.6. The van der Waals surface area contributed by atoms with Gasteiger partial charge in [0.25, 0.3) is 17.7 Å². The van der Waals surface area contributed by atoms with E-state index in [4.69, 9.17) is 16.3 Å². The Labute approximate surface area is 230 Å². The first-order valence-electron chi connectivity index (χ1n) is 12.2. The summed E-state index contributed by atoms with van der Waals surface area (Å²) in [5.74, 6) is 0.141. The van der Waals surface area contributed by atoms with Gasteiger partial charge in [-0.25, -0.2) is 0 Å². The molecule has 39 heavy (non-hydrogen) atoms. The molecule has 194 valence electrons. The van der Waals surface area contributed by atoms with Crippen molar-refractivity contribution in [1.82, 2.24) is 10.2 Å². The first kappa shape index (κ1) is 25.8. The molecule has 3 amide bonds. The molecule has 5 rings (SSSR count). The van der Waals surface area contributed by atoms with Gasteiger partial charge >= 0.3 is 0 Å². The molecule has 0 aromatic heterocycles. The largest absolute Gasteiger partial charge is 0.457 e. The van der Waals surface area contributed by atoms with E-state index in [1.54, 1.807) is 48.5 Å². The van der Waals surface area contributed by atoms with Crippen LogP contribution in [0, 0.1) is 0 Å². The van der Waals surface area contributed by atoms with Gasteiger partial charge in [0.1, 0.15) is 22.2 Å². The molecule has 4 aromatic carbocycles. The molecule has 0 radical (unpaired) electrons. The molecule has 4 aromatic rings. The number of amides is 3. The van der Waals surface area contributed by atoms with E-state index in [1.807, 2.05) is 60.7 Å². The Morgan fingerprint density at radius 3 is 2.00 bits per heavy atom. The fourth-order valence-electron chi connectivity index (χ4n) is 4.01. The minimum absolute atomic E-state index is 0.0686. The van der Waals surface area contributed by atoms with Gasteiger partial charge in [-0.15, -0.1) is 0 Å². The number of anilines is 1.